The van der Waals surface area contributed by atoms with Crippen LogP contribution in [0.2, 0.25) is 0 Å². The van der Waals surface area contributed by atoms with E-state index < -0.39 is 0 Å². The summed E-state index contributed by atoms with van der Waals surface area (Å²) in [7, 11) is 0. The van der Waals surface area contributed by atoms with Crippen LogP contribution in [0.5, 0.6) is 0 Å². The molecule has 2 N–H and O–H groups in total. The van der Waals surface area contributed by atoms with E-state index in [1.54, 1.807) is 18.7 Å². The van der Waals surface area contributed by atoms with E-state index in [1.807, 2.05) is 42.5 Å². The van der Waals surface area contributed by atoms with Crippen molar-refractivity contribution in [3.05, 3.63) is 90.4 Å². The highest BCUT2D eigenvalue weighted by Crippen LogP contribution is 2.20. The highest BCUT2D eigenvalue weighted by atomic mass is 16.3. The van der Waals surface area contributed by atoms with Gasteiger partial charge in [-0.3, -0.25) is 4.98 Å². The lowest BCUT2D eigenvalue weighted by molar-refractivity contribution is 0.240. The summed E-state index contributed by atoms with van der Waals surface area (Å²) in [5.41, 5.74) is 2.88. The van der Waals surface area contributed by atoms with Crippen molar-refractivity contribution in [2.24, 2.45) is 0 Å². The van der Waals surface area contributed by atoms with Crippen molar-refractivity contribution >= 4 is 16.8 Å². The molecule has 0 unspecified atom stereocenters. The fourth-order valence-electron chi connectivity index (χ4n) is 3.03. The van der Waals surface area contributed by atoms with E-state index >= 15 is 0 Å². The van der Waals surface area contributed by atoms with Gasteiger partial charge in [-0.05, 0) is 40.1 Å². The second-order valence-corrected chi connectivity index (χ2v) is 6.23. The van der Waals surface area contributed by atoms with Gasteiger partial charge in [-0.15, -0.1) is 0 Å². The van der Waals surface area contributed by atoms with Crippen molar-refractivity contribution in [2.45, 2.75) is 13.1 Å². The Morgan fingerprint density at radius 3 is 2.67 bits per heavy atom. The first kappa shape index (κ1) is 16.8. The number of carbonyl (C=O) groups excluding carboxylic acids is 1. The average molecular weight is 357 g/mol. The van der Waals surface area contributed by atoms with Crippen LogP contribution in [0.1, 0.15) is 11.1 Å². The number of rotatable bonds is 5. The number of benzene rings is 2. The van der Waals surface area contributed by atoms with E-state index in [0.29, 0.717) is 13.1 Å². The number of pyridine rings is 1. The standard InChI is InChI=1S/C22H19N3O2/c26-22(25-15-18-7-3-6-17-5-1-2-8-20(17)18)24-13-16-11-19(14-23-12-16)21-9-4-10-27-21/h1-12,14H,13,15H2,(H2,24,25,26). The van der Waals surface area contributed by atoms with Crippen LogP contribution in [-0.4, -0.2) is 11.0 Å². The second kappa shape index (κ2) is 7.74. The fraction of sp³-hybridized carbons (Fsp3) is 0.0909. The Morgan fingerprint density at radius 1 is 0.926 bits per heavy atom. The van der Waals surface area contributed by atoms with Gasteiger partial charge in [0.15, 0.2) is 0 Å². The Bertz CT molecular complexity index is 1050. The summed E-state index contributed by atoms with van der Waals surface area (Å²) in [6.07, 6.45) is 5.10. The quantitative estimate of drug-likeness (QED) is 0.553. The van der Waals surface area contributed by atoms with Gasteiger partial charge in [-0.2, -0.15) is 0 Å². The van der Waals surface area contributed by atoms with Gasteiger partial charge in [0.2, 0.25) is 0 Å². The van der Waals surface area contributed by atoms with Crippen LogP contribution in [0, 0.1) is 0 Å². The maximum absolute atomic E-state index is 12.2. The van der Waals surface area contributed by atoms with E-state index in [2.05, 4.69) is 33.8 Å². The molecule has 27 heavy (non-hydrogen) atoms. The normalized spacial score (nSPS) is 10.7. The molecule has 2 aromatic carbocycles. The molecule has 0 aliphatic rings. The van der Waals surface area contributed by atoms with Crippen molar-refractivity contribution < 1.29 is 9.21 Å². The molecule has 2 aromatic heterocycles. The molecule has 0 spiro atoms. The SMILES string of the molecule is O=C(NCc1cncc(-c2ccco2)c1)NCc1cccc2ccccc12. The summed E-state index contributed by atoms with van der Waals surface area (Å²) < 4.78 is 5.38. The summed E-state index contributed by atoms with van der Waals surface area (Å²) in [5, 5.41) is 8.10. The average Bonchev–Trinajstić information content (AvgIpc) is 3.26. The molecule has 0 aliphatic heterocycles. The molecule has 2 heterocycles. The molecule has 4 aromatic rings. The molecular formula is C22H19N3O2. The Morgan fingerprint density at radius 2 is 1.78 bits per heavy atom. The molecule has 0 fully saturated rings. The molecule has 5 nitrogen and oxygen atoms in total. The number of aromatic nitrogens is 1. The van der Waals surface area contributed by atoms with Gasteiger partial charge in [0.25, 0.3) is 0 Å². The Labute approximate surface area is 157 Å². The number of hydrogen-bond acceptors (Lipinski definition) is 3. The number of fused-ring (bicyclic) bond motifs is 1. The van der Waals surface area contributed by atoms with Gasteiger partial charge in [-0.25, -0.2) is 4.79 Å². The lowest BCUT2D eigenvalue weighted by atomic mass is 10.0. The zero-order valence-corrected chi connectivity index (χ0v) is 14.7. The zero-order valence-electron chi connectivity index (χ0n) is 14.7. The number of hydrogen-bond donors (Lipinski definition) is 2. The maximum Gasteiger partial charge on any atom is 0.315 e. The lowest BCUT2D eigenvalue weighted by Gasteiger charge is -2.10. The lowest BCUT2D eigenvalue weighted by Crippen LogP contribution is -2.34. The van der Waals surface area contributed by atoms with Crippen LogP contribution in [0.3, 0.4) is 0 Å². The third-order valence-corrected chi connectivity index (χ3v) is 4.37. The molecule has 2 amide bonds. The number of urea groups is 1. The van der Waals surface area contributed by atoms with Crippen LogP contribution in [0.25, 0.3) is 22.1 Å². The van der Waals surface area contributed by atoms with Crippen molar-refractivity contribution in [1.29, 1.82) is 0 Å². The summed E-state index contributed by atoms with van der Waals surface area (Å²) >= 11 is 0. The van der Waals surface area contributed by atoms with Gasteiger partial charge in [-0.1, -0.05) is 42.5 Å². The minimum absolute atomic E-state index is 0.216. The predicted octanol–water partition coefficient (Wildman–Crippen LogP) is 4.49. The monoisotopic (exact) mass is 357 g/mol. The third-order valence-electron chi connectivity index (χ3n) is 4.37. The van der Waals surface area contributed by atoms with Crippen molar-refractivity contribution in [3.8, 4) is 11.3 Å². The van der Waals surface area contributed by atoms with Crippen molar-refractivity contribution in [3.63, 3.8) is 0 Å². The highest BCUT2D eigenvalue weighted by molar-refractivity contribution is 5.86. The van der Waals surface area contributed by atoms with Crippen LogP contribution in [0.15, 0.2) is 83.7 Å². The molecular weight excluding hydrogens is 338 g/mol. The fourth-order valence-corrected chi connectivity index (χ4v) is 3.03. The molecule has 0 bridgehead atoms. The van der Waals surface area contributed by atoms with E-state index in [9.17, 15) is 4.79 Å². The van der Waals surface area contributed by atoms with Crippen molar-refractivity contribution in [1.82, 2.24) is 15.6 Å². The Hall–Kier alpha value is -3.60. The number of carbonyl (C=O) groups is 1. The Kier molecular flexibility index (Phi) is 4.83. The molecule has 0 radical (unpaired) electrons. The summed E-state index contributed by atoms with van der Waals surface area (Å²) in [4.78, 5) is 16.4. The molecule has 0 saturated carbocycles. The first-order valence-corrected chi connectivity index (χ1v) is 8.76. The van der Waals surface area contributed by atoms with Crippen LogP contribution < -0.4 is 10.6 Å². The van der Waals surface area contributed by atoms with Crippen molar-refractivity contribution in [2.75, 3.05) is 0 Å². The summed E-state index contributed by atoms with van der Waals surface area (Å²) in [6, 6.07) is 19.7. The van der Waals surface area contributed by atoms with Gasteiger partial charge in [0, 0.05) is 31.0 Å². The number of furan rings is 1. The second-order valence-electron chi connectivity index (χ2n) is 6.23. The van der Waals surface area contributed by atoms with E-state index in [1.165, 1.54) is 0 Å². The first-order valence-electron chi connectivity index (χ1n) is 8.76. The largest absolute Gasteiger partial charge is 0.464 e. The number of amides is 2. The molecule has 5 heteroatoms. The van der Waals surface area contributed by atoms with E-state index in [4.69, 9.17) is 4.42 Å². The van der Waals surface area contributed by atoms with Gasteiger partial charge >= 0.3 is 6.03 Å². The maximum atomic E-state index is 12.2. The number of nitrogens with one attached hydrogen (secondary N) is 2. The smallest absolute Gasteiger partial charge is 0.315 e. The zero-order chi connectivity index (χ0) is 18.5. The minimum atomic E-state index is -0.216. The van der Waals surface area contributed by atoms with Crippen LogP contribution in [0.4, 0.5) is 4.79 Å². The topological polar surface area (TPSA) is 67.2 Å². The summed E-state index contributed by atoms with van der Waals surface area (Å²) in [5.74, 6) is 0.754. The number of nitrogens with zero attached hydrogens (tertiary/aromatic N) is 1. The van der Waals surface area contributed by atoms with E-state index in [0.717, 1.165) is 33.2 Å². The van der Waals surface area contributed by atoms with Gasteiger partial charge in [0.1, 0.15) is 5.76 Å². The summed E-state index contributed by atoms with van der Waals surface area (Å²) in [6.45, 7) is 0.862. The Balaban J connectivity index is 1.35. The third kappa shape index (κ3) is 3.98. The molecule has 0 saturated heterocycles. The van der Waals surface area contributed by atoms with Gasteiger partial charge in [0.05, 0.1) is 6.26 Å². The minimum Gasteiger partial charge on any atom is -0.464 e. The predicted molar refractivity (Wildman–Crippen MR) is 105 cm³/mol. The van der Waals surface area contributed by atoms with Crippen LogP contribution >= 0.6 is 0 Å². The molecule has 0 atom stereocenters. The first-order chi connectivity index (χ1) is 13.3. The molecule has 4 rings (SSSR count). The van der Waals surface area contributed by atoms with Gasteiger partial charge < -0.3 is 15.1 Å². The highest BCUT2D eigenvalue weighted by Gasteiger charge is 2.06. The van der Waals surface area contributed by atoms with Crippen LogP contribution in [-0.2, 0) is 13.1 Å². The molecule has 134 valence electrons. The van der Waals surface area contributed by atoms with E-state index in [-0.39, 0.29) is 6.03 Å². The molecule has 0 aliphatic carbocycles.